The van der Waals surface area contributed by atoms with Gasteiger partial charge in [-0.05, 0) is 38.5 Å². The summed E-state index contributed by atoms with van der Waals surface area (Å²) in [4.78, 5) is 15.6. The van der Waals surface area contributed by atoms with Crippen molar-refractivity contribution in [1.82, 2.24) is 10.3 Å². The highest BCUT2D eigenvalue weighted by Crippen LogP contribution is 2.08. The van der Waals surface area contributed by atoms with Gasteiger partial charge in [0.1, 0.15) is 5.60 Å². The molecule has 0 bridgehead atoms. The highest BCUT2D eigenvalue weighted by Gasteiger charge is 2.15. The summed E-state index contributed by atoms with van der Waals surface area (Å²) in [7, 11) is 0. The molecule has 5 heteroatoms. The Bertz CT molecular complexity index is 388. The molecule has 0 fully saturated rings. The van der Waals surface area contributed by atoms with E-state index in [1.165, 1.54) is 0 Å². The molecule has 0 saturated carbocycles. The summed E-state index contributed by atoms with van der Waals surface area (Å²) in [6.45, 7) is 5.86. The van der Waals surface area contributed by atoms with Gasteiger partial charge in [0.25, 0.3) is 0 Å². The van der Waals surface area contributed by atoms with Crippen molar-refractivity contribution in [2.45, 2.75) is 38.2 Å². The summed E-state index contributed by atoms with van der Waals surface area (Å²) in [5, 5.41) is 3.44. The standard InChI is InChI=1S/C12H17BrN2O2/c1-12(2,3)17-11(16)15-8-10-6-9(7-13)4-5-14-10/h4-6H,7-8H2,1-3H3,(H,15,16). The van der Waals surface area contributed by atoms with E-state index in [-0.39, 0.29) is 0 Å². The zero-order valence-electron chi connectivity index (χ0n) is 10.3. The summed E-state index contributed by atoms with van der Waals surface area (Å²) in [6, 6.07) is 3.86. The van der Waals surface area contributed by atoms with Crippen LogP contribution in [-0.2, 0) is 16.6 Å². The molecule has 4 nitrogen and oxygen atoms in total. The number of halogens is 1. The predicted octanol–water partition coefficient (Wildman–Crippen LogP) is 3.00. The number of carbonyl (C=O) groups is 1. The molecule has 1 aromatic rings. The number of pyridine rings is 1. The molecule has 0 unspecified atom stereocenters. The van der Waals surface area contributed by atoms with Gasteiger partial charge in [0.05, 0.1) is 12.2 Å². The van der Waals surface area contributed by atoms with Crippen molar-refractivity contribution in [1.29, 1.82) is 0 Å². The third kappa shape index (κ3) is 5.68. The summed E-state index contributed by atoms with van der Waals surface area (Å²) in [5.41, 5.74) is 1.46. The van der Waals surface area contributed by atoms with Crippen molar-refractivity contribution < 1.29 is 9.53 Å². The minimum atomic E-state index is -0.477. The smallest absolute Gasteiger partial charge is 0.407 e. The van der Waals surface area contributed by atoms with E-state index in [4.69, 9.17) is 4.74 Å². The first-order valence-electron chi connectivity index (χ1n) is 5.37. The van der Waals surface area contributed by atoms with Crippen LogP contribution < -0.4 is 5.32 Å². The fraction of sp³-hybridized carbons (Fsp3) is 0.500. The van der Waals surface area contributed by atoms with Crippen LogP contribution in [0.4, 0.5) is 4.79 Å². The van der Waals surface area contributed by atoms with E-state index in [0.717, 1.165) is 16.6 Å². The second-order valence-electron chi connectivity index (χ2n) is 4.64. The highest BCUT2D eigenvalue weighted by molar-refractivity contribution is 9.08. The Morgan fingerprint density at radius 2 is 2.24 bits per heavy atom. The second kappa shape index (κ2) is 6.00. The van der Waals surface area contributed by atoms with E-state index >= 15 is 0 Å². The van der Waals surface area contributed by atoms with Crippen molar-refractivity contribution in [2.24, 2.45) is 0 Å². The van der Waals surface area contributed by atoms with Crippen LogP contribution >= 0.6 is 15.9 Å². The van der Waals surface area contributed by atoms with Gasteiger partial charge in [-0.25, -0.2) is 4.79 Å². The Balaban J connectivity index is 2.47. The number of carbonyl (C=O) groups excluding carboxylic acids is 1. The molecule has 1 aromatic heterocycles. The van der Waals surface area contributed by atoms with Crippen LogP contribution in [0.5, 0.6) is 0 Å². The van der Waals surface area contributed by atoms with Gasteiger partial charge in [-0.1, -0.05) is 15.9 Å². The molecule has 0 aliphatic heterocycles. The van der Waals surface area contributed by atoms with E-state index in [9.17, 15) is 4.79 Å². The minimum absolute atomic E-state index is 0.371. The van der Waals surface area contributed by atoms with Gasteiger partial charge in [0.15, 0.2) is 0 Å². The number of nitrogens with one attached hydrogen (secondary N) is 1. The Labute approximate surface area is 110 Å². The quantitative estimate of drug-likeness (QED) is 0.873. The number of ether oxygens (including phenoxy) is 1. The predicted molar refractivity (Wildman–Crippen MR) is 69.9 cm³/mol. The maximum Gasteiger partial charge on any atom is 0.407 e. The van der Waals surface area contributed by atoms with Crippen LogP contribution in [0.3, 0.4) is 0 Å². The normalized spacial score (nSPS) is 11.1. The lowest BCUT2D eigenvalue weighted by molar-refractivity contribution is 0.0523. The van der Waals surface area contributed by atoms with Crippen molar-refractivity contribution in [3.63, 3.8) is 0 Å². The number of amides is 1. The number of hydrogen-bond acceptors (Lipinski definition) is 3. The average Bonchev–Trinajstić information content (AvgIpc) is 2.24. The monoisotopic (exact) mass is 300 g/mol. The molecule has 17 heavy (non-hydrogen) atoms. The lowest BCUT2D eigenvalue weighted by atomic mass is 10.2. The van der Waals surface area contributed by atoms with Crippen molar-refractivity contribution in [3.05, 3.63) is 29.6 Å². The Morgan fingerprint density at radius 1 is 1.53 bits per heavy atom. The molecule has 0 radical (unpaired) electrons. The Hall–Kier alpha value is -1.10. The molecule has 1 amide bonds. The Morgan fingerprint density at radius 3 is 2.82 bits per heavy atom. The van der Waals surface area contributed by atoms with E-state index in [0.29, 0.717) is 6.54 Å². The Kier molecular flexibility index (Phi) is 4.93. The highest BCUT2D eigenvalue weighted by atomic mass is 79.9. The van der Waals surface area contributed by atoms with E-state index in [1.54, 1.807) is 6.20 Å². The zero-order valence-corrected chi connectivity index (χ0v) is 11.9. The fourth-order valence-corrected chi connectivity index (χ4v) is 1.53. The third-order valence-electron chi connectivity index (χ3n) is 1.85. The lowest BCUT2D eigenvalue weighted by Gasteiger charge is -2.19. The molecule has 0 aromatic carbocycles. The minimum Gasteiger partial charge on any atom is -0.444 e. The van der Waals surface area contributed by atoms with Crippen LogP contribution in [0.15, 0.2) is 18.3 Å². The summed E-state index contributed by atoms with van der Waals surface area (Å²) < 4.78 is 5.13. The second-order valence-corrected chi connectivity index (χ2v) is 5.21. The van der Waals surface area contributed by atoms with Gasteiger partial charge in [0.2, 0.25) is 0 Å². The van der Waals surface area contributed by atoms with E-state index in [2.05, 4.69) is 26.2 Å². The fourth-order valence-electron chi connectivity index (χ4n) is 1.18. The molecule has 0 atom stereocenters. The number of aromatic nitrogens is 1. The molecule has 1 heterocycles. The molecular formula is C12H17BrN2O2. The molecule has 0 aliphatic carbocycles. The molecular weight excluding hydrogens is 284 g/mol. The van der Waals surface area contributed by atoms with Crippen LogP contribution in [-0.4, -0.2) is 16.7 Å². The number of nitrogens with zero attached hydrogens (tertiary/aromatic N) is 1. The van der Waals surface area contributed by atoms with Crippen molar-refractivity contribution in [2.75, 3.05) is 0 Å². The van der Waals surface area contributed by atoms with E-state index in [1.807, 2.05) is 32.9 Å². The van der Waals surface area contributed by atoms with Gasteiger partial charge in [-0.15, -0.1) is 0 Å². The van der Waals surface area contributed by atoms with Crippen LogP contribution in [0.25, 0.3) is 0 Å². The van der Waals surface area contributed by atoms with Gasteiger partial charge < -0.3 is 10.1 Å². The maximum atomic E-state index is 11.4. The number of hydrogen-bond donors (Lipinski definition) is 1. The molecule has 0 aliphatic rings. The summed E-state index contributed by atoms with van der Waals surface area (Å²) >= 11 is 3.37. The van der Waals surface area contributed by atoms with Gasteiger partial charge >= 0.3 is 6.09 Å². The largest absolute Gasteiger partial charge is 0.444 e. The van der Waals surface area contributed by atoms with Crippen molar-refractivity contribution >= 4 is 22.0 Å². The van der Waals surface area contributed by atoms with Crippen LogP contribution in [0, 0.1) is 0 Å². The molecule has 0 saturated heterocycles. The third-order valence-corrected chi connectivity index (χ3v) is 2.50. The first-order valence-corrected chi connectivity index (χ1v) is 6.49. The summed E-state index contributed by atoms with van der Waals surface area (Å²) in [6.07, 6.45) is 1.30. The summed E-state index contributed by atoms with van der Waals surface area (Å²) in [5.74, 6) is 0. The first-order chi connectivity index (χ1) is 7.90. The van der Waals surface area contributed by atoms with Gasteiger partial charge in [-0.2, -0.15) is 0 Å². The molecule has 1 rings (SSSR count). The van der Waals surface area contributed by atoms with E-state index < -0.39 is 11.7 Å². The first kappa shape index (κ1) is 14.0. The molecule has 94 valence electrons. The lowest BCUT2D eigenvalue weighted by Crippen LogP contribution is -2.32. The maximum absolute atomic E-state index is 11.4. The van der Waals surface area contributed by atoms with Gasteiger partial charge in [0, 0.05) is 11.5 Å². The zero-order chi connectivity index (χ0) is 12.9. The van der Waals surface area contributed by atoms with Crippen molar-refractivity contribution in [3.8, 4) is 0 Å². The number of alkyl carbamates (subject to hydrolysis) is 1. The average molecular weight is 301 g/mol. The topological polar surface area (TPSA) is 51.2 Å². The van der Waals surface area contributed by atoms with Gasteiger partial charge in [-0.3, -0.25) is 4.98 Å². The number of alkyl halides is 1. The van der Waals surface area contributed by atoms with Crippen LogP contribution in [0.2, 0.25) is 0 Å². The molecule has 1 N–H and O–H groups in total. The SMILES string of the molecule is CC(C)(C)OC(=O)NCc1cc(CBr)ccn1. The molecule has 0 spiro atoms. The van der Waals surface area contributed by atoms with Crippen LogP contribution in [0.1, 0.15) is 32.0 Å². The number of rotatable bonds is 3.